The topological polar surface area (TPSA) is 76.8 Å². The van der Waals surface area contributed by atoms with Crippen LogP contribution in [-0.4, -0.2) is 16.7 Å². The molecule has 1 aliphatic carbocycles. The Kier molecular flexibility index (Phi) is 3.87. The summed E-state index contributed by atoms with van der Waals surface area (Å²) in [5.74, 6) is -1.30. The van der Waals surface area contributed by atoms with Crippen LogP contribution >= 0.6 is 11.8 Å². The molecule has 0 saturated carbocycles. The number of hydrogen-bond donors (Lipinski definition) is 0. The van der Waals surface area contributed by atoms with E-state index in [-0.39, 0.29) is 5.75 Å². The molecule has 0 bridgehead atoms. The van der Waals surface area contributed by atoms with Gasteiger partial charge >= 0.3 is 0 Å². The summed E-state index contributed by atoms with van der Waals surface area (Å²) in [6.45, 7) is 1.92. The number of hydrogen-bond acceptors (Lipinski definition) is 5. The highest BCUT2D eigenvalue weighted by Gasteiger charge is 2.20. The van der Waals surface area contributed by atoms with Gasteiger partial charge in [-0.15, -0.1) is 0 Å². The third kappa shape index (κ3) is 2.49. The molecule has 0 N–H and O–H groups in total. The second-order valence-electron chi connectivity index (χ2n) is 4.31. The van der Waals surface area contributed by atoms with E-state index in [4.69, 9.17) is 0 Å². The zero-order chi connectivity index (χ0) is 13.1. The van der Waals surface area contributed by atoms with Crippen molar-refractivity contribution in [1.82, 2.24) is 4.98 Å². The number of aliphatic carboxylic acids is 1. The molecule has 1 aliphatic rings. The molecular formula is C13H13N2O2S-. The monoisotopic (exact) mass is 261 g/mol. The van der Waals surface area contributed by atoms with E-state index in [0.717, 1.165) is 48.7 Å². The lowest BCUT2D eigenvalue weighted by molar-refractivity contribution is -0.301. The Morgan fingerprint density at radius 1 is 1.44 bits per heavy atom. The quantitative estimate of drug-likeness (QED) is 0.758. The molecule has 0 unspecified atom stereocenters. The van der Waals surface area contributed by atoms with Gasteiger partial charge in [0, 0.05) is 11.4 Å². The van der Waals surface area contributed by atoms with E-state index in [1.165, 1.54) is 5.56 Å². The number of pyridine rings is 1. The minimum Gasteiger partial charge on any atom is -0.549 e. The van der Waals surface area contributed by atoms with Crippen LogP contribution < -0.4 is 5.11 Å². The number of nitrogens with zero attached hydrogens (tertiary/aromatic N) is 2. The molecule has 4 nitrogen and oxygen atoms in total. The maximum absolute atomic E-state index is 10.5. The molecule has 5 heteroatoms. The largest absolute Gasteiger partial charge is 0.549 e. The molecule has 0 aliphatic heterocycles. The number of carboxylic acids is 1. The van der Waals surface area contributed by atoms with Crippen molar-refractivity contribution >= 4 is 17.7 Å². The van der Waals surface area contributed by atoms with Gasteiger partial charge in [-0.25, -0.2) is 4.98 Å². The molecule has 0 aromatic carbocycles. The van der Waals surface area contributed by atoms with Crippen molar-refractivity contribution in [3.8, 4) is 6.07 Å². The van der Waals surface area contributed by atoms with Crippen LogP contribution in [0.25, 0.3) is 0 Å². The summed E-state index contributed by atoms with van der Waals surface area (Å²) in [5, 5.41) is 20.3. The second-order valence-corrected chi connectivity index (χ2v) is 5.28. The summed E-state index contributed by atoms with van der Waals surface area (Å²) >= 11 is 1.07. The lowest BCUT2D eigenvalue weighted by atomic mass is 9.88. The van der Waals surface area contributed by atoms with E-state index in [1.807, 2.05) is 6.92 Å². The lowest BCUT2D eigenvalue weighted by Crippen LogP contribution is -2.24. The highest BCUT2D eigenvalue weighted by Crippen LogP contribution is 2.31. The van der Waals surface area contributed by atoms with E-state index in [0.29, 0.717) is 10.6 Å². The smallest absolute Gasteiger partial charge is 0.115 e. The van der Waals surface area contributed by atoms with Crippen molar-refractivity contribution in [2.75, 3.05) is 5.75 Å². The van der Waals surface area contributed by atoms with Gasteiger partial charge in [0.05, 0.1) is 11.5 Å². The first-order valence-corrected chi connectivity index (χ1v) is 6.87. The Balaban J connectivity index is 2.44. The van der Waals surface area contributed by atoms with E-state index in [9.17, 15) is 15.2 Å². The number of carbonyl (C=O) groups is 1. The number of nitriles is 1. The van der Waals surface area contributed by atoms with Gasteiger partial charge in [0.15, 0.2) is 0 Å². The van der Waals surface area contributed by atoms with Gasteiger partial charge in [-0.3, -0.25) is 0 Å². The van der Waals surface area contributed by atoms with Crippen LogP contribution in [0.5, 0.6) is 0 Å². The molecule has 1 heterocycles. The fourth-order valence-corrected chi connectivity index (χ4v) is 3.10. The lowest BCUT2D eigenvalue weighted by Gasteiger charge is -2.20. The fraction of sp³-hybridized carbons (Fsp3) is 0.462. The summed E-state index contributed by atoms with van der Waals surface area (Å²) < 4.78 is 0. The van der Waals surface area contributed by atoms with Gasteiger partial charge in [0.2, 0.25) is 0 Å². The van der Waals surface area contributed by atoms with Crippen molar-refractivity contribution in [2.24, 2.45) is 0 Å². The SMILES string of the molecule is Cc1nc(SCC(=O)[O-])c(C#N)c2c1CCCC2. The minimum atomic E-state index is -1.14. The average Bonchev–Trinajstić information content (AvgIpc) is 2.36. The van der Waals surface area contributed by atoms with E-state index in [2.05, 4.69) is 11.1 Å². The van der Waals surface area contributed by atoms with Crippen molar-refractivity contribution in [1.29, 1.82) is 5.26 Å². The summed E-state index contributed by atoms with van der Waals surface area (Å²) in [7, 11) is 0. The van der Waals surface area contributed by atoms with Crippen molar-refractivity contribution < 1.29 is 9.90 Å². The maximum atomic E-state index is 10.5. The van der Waals surface area contributed by atoms with Gasteiger partial charge in [-0.1, -0.05) is 11.8 Å². The zero-order valence-electron chi connectivity index (χ0n) is 10.2. The number of aryl methyl sites for hydroxylation is 1. The van der Waals surface area contributed by atoms with Crippen LogP contribution in [0.1, 0.15) is 35.2 Å². The average molecular weight is 261 g/mol. The molecule has 0 amide bonds. The predicted molar refractivity (Wildman–Crippen MR) is 66.1 cm³/mol. The van der Waals surface area contributed by atoms with Crippen molar-refractivity contribution in [3.63, 3.8) is 0 Å². The van der Waals surface area contributed by atoms with Crippen LogP contribution in [0.15, 0.2) is 5.03 Å². The molecule has 0 spiro atoms. The Morgan fingerprint density at radius 3 is 2.72 bits per heavy atom. The molecule has 1 aromatic rings. The second kappa shape index (κ2) is 5.40. The van der Waals surface area contributed by atoms with Crippen LogP contribution in [-0.2, 0) is 17.6 Å². The highest BCUT2D eigenvalue weighted by molar-refractivity contribution is 7.99. The fourth-order valence-electron chi connectivity index (χ4n) is 2.33. The Morgan fingerprint density at radius 2 is 2.11 bits per heavy atom. The number of rotatable bonds is 3. The summed E-state index contributed by atoms with van der Waals surface area (Å²) in [4.78, 5) is 14.9. The first-order valence-electron chi connectivity index (χ1n) is 5.88. The van der Waals surface area contributed by atoms with Crippen LogP contribution in [0.2, 0.25) is 0 Å². The molecule has 0 fully saturated rings. The Labute approximate surface area is 110 Å². The molecular weight excluding hydrogens is 248 g/mol. The molecule has 18 heavy (non-hydrogen) atoms. The van der Waals surface area contributed by atoms with Gasteiger partial charge in [-0.2, -0.15) is 5.26 Å². The highest BCUT2D eigenvalue weighted by atomic mass is 32.2. The Bertz CT molecular complexity index is 535. The van der Waals surface area contributed by atoms with Gasteiger partial charge < -0.3 is 9.90 Å². The number of carboxylic acid groups (broad SMARTS) is 1. The molecule has 94 valence electrons. The zero-order valence-corrected chi connectivity index (χ0v) is 11.0. The first kappa shape index (κ1) is 12.9. The first-order chi connectivity index (χ1) is 8.63. The molecule has 2 rings (SSSR count). The molecule has 0 atom stereocenters. The third-order valence-electron chi connectivity index (χ3n) is 3.13. The molecule has 1 aromatic heterocycles. The van der Waals surface area contributed by atoms with Crippen LogP contribution in [0.4, 0.5) is 0 Å². The van der Waals surface area contributed by atoms with Crippen LogP contribution in [0, 0.1) is 18.3 Å². The maximum Gasteiger partial charge on any atom is 0.115 e. The number of fused-ring (bicyclic) bond motifs is 1. The number of thioether (sulfide) groups is 1. The summed E-state index contributed by atoms with van der Waals surface area (Å²) in [6.07, 6.45) is 4.07. The van der Waals surface area contributed by atoms with Crippen molar-refractivity contribution in [3.05, 3.63) is 22.4 Å². The normalized spacial score (nSPS) is 13.8. The number of carbonyl (C=O) groups excluding carboxylic acids is 1. The van der Waals surface area contributed by atoms with Gasteiger partial charge in [0.1, 0.15) is 11.1 Å². The van der Waals surface area contributed by atoms with E-state index >= 15 is 0 Å². The summed E-state index contributed by atoms with van der Waals surface area (Å²) in [6, 6.07) is 2.18. The third-order valence-corrected chi connectivity index (χ3v) is 4.08. The van der Waals surface area contributed by atoms with E-state index in [1.54, 1.807) is 0 Å². The number of aromatic nitrogens is 1. The minimum absolute atomic E-state index is 0.167. The standard InChI is InChI=1S/C13H14N2O2S/c1-8-9-4-2-3-5-10(9)11(6-14)13(15-8)18-7-12(16)17/h2-5,7H2,1H3,(H,16,17)/p-1. The predicted octanol–water partition coefficient (Wildman–Crippen LogP) is 0.983. The Hall–Kier alpha value is -1.54. The van der Waals surface area contributed by atoms with Crippen LogP contribution in [0.3, 0.4) is 0 Å². The van der Waals surface area contributed by atoms with E-state index < -0.39 is 5.97 Å². The molecule has 0 saturated heterocycles. The molecule has 0 radical (unpaired) electrons. The van der Waals surface area contributed by atoms with Gasteiger partial charge in [0.25, 0.3) is 0 Å². The summed E-state index contributed by atoms with van der Waals surface area (Å²) in [5.41, 5.74) is 3.72. The van der Waals surface area contributed by atoms with Crippen molar-refractivity contribution in [2.45, 2.75) is 37.6 Å². The van der Waals surface area contributed by atoms with Gasteiger partial charge in [-0.05, 0) is 43.7 Å².